The highest BCUT2D eigenvalue weighted by Gasteiger charge is 2.17. The minimum atomic E-state index is -3.61. The van der Waals surface area contributed by atoms with Crippen LogP contribution in [-0.4, -0.2) is 23.0 Å². The van der Waals surface area contributed by atoms with Gasteiger partial charge in [0, 0.05) is 13.1 Å². The van der Waals surface area contributed by atoms with E-state index in [0.717, 1.165) is 0 Å². The third kappa shape index (κ3) is 3.05. The molecule has 1 N–H and O–H groups in total. The number of anilines is 1. The van der Waals surface area contributed by atoms with E-state index in [9.17, 15) is 8.42 Å². The van der Waals surface area contributed by atoms with Crippen LogP contribution in [0.3, 0.4) is 0 Å². The number of hydrogen-bond donors (Lipinski definition) is 1. The number of sulfonamides is 1. The van der Waals surface area contributed by atoms with Gasteiger partial charge in [-0.25, -0.2) is 18.4 Å². The Labute approximate surface area is 132 Å². The fourth-order valence-electron chi connectivity index (χ4n) is 2.15. The van der Waals surface area contributed by atoms with Gasteiger partial charge in [0.1, 0.15) is 10.7 Å². The molecule has 0 fully saturated rings. The minimum absolute atomic E-state index is 0.138. The molecular formula is C14H13ClN4O2S. The summed E-state index contributed by atoms with van der Waals surface area (Å²) in [6.07, 6.45) is 1.58. The first-order valence-corrected chi connectivity index (χ1v) is 8.49. The van der Waals surface area contributed by atoms with Gasteiger partial charge < -0.3 is 4.57 Å². The van der Waals surface area contributed by atoms with Crippen molar-refractivity contribution in [2.75, 3.05) is 4.72 Å². The van der Waals surface area contributed by atoms with E-state index in [1.165, 1.54) is 0 Å². The van der Waals surface area contributed by atoms with Crippen molar-refractivity contribution in [3.8, 4) is 0 Å². The van der Waals surface area contributed by atoms with E-state index < -0.39 is 10.0 Å². The van der Waals surface area contributed by atoms with Crippen LogP contribution in [-0.2, 0) is 22.8 Å². The molecule has 0 unspecified atom stereocenters. The average Bonchev–Trinajstić information content (AvgIpc) is 2.81. The molecule has 0 saturated carbocycles. The quantitative estimate of drug-likeness (QED) is 0.743. The van der Waals surface area contributed by atoms with Gasteiger partial charge in [0.25, 0.3) is 0 Å². The number of halogens is 1. The highest BCUT2D eigenvalue weighted by Crippen LogP contribution is 2.24. The van der Waals surface area contributed by atoms with Gasteiger partial charge in [-0.3, -0.25) is 4.72 Å². The van der Waals surface area contributed by atoms with Crippen molar-refractivity contribution >= 4 is 38.5 Å². The van der Waals surface area contributed by atoms with Crippen LogP contribution >= 0.6 is 11.6 Å². The molecule has 0 saturated heterocycles. The van der Waals surface area contributed by atoms with Gasteiger partial charge in [0.2, 0.25) is 10.0 Å². The first kappa shape index (κ1) is 14.8. The Bertz CT molecular complexity index is 923. The summed E-state index contributed by atoms with van der Waals surface area (Å²) in [4.78, 5) is 8.21. The van der Waals surface area contributed by atoms with Crippen molar-refractivity contribution in [2.45, 2.75) is 5.75 Å². The van der Waals surface area contributed by atoms with Crippen molar-refractivity contribution in [3.63, 3.8) is 0 Å². The van der Waals surface area contributed by atoms with E-state index in [2.05, 4.69) is 14.7 Å². The van der Waals surface area contributed by atoms with Crippen molar-refractivity contribution in [1.82, 2.24) is 14.5 Å². The lowest BCUT2D eigenvalue weighted by molar-refractivity contribution is 0.600. The van der Waals surface area contributed by atoms with Gasteiger partial charge in [-0.2, -0.15) is 0 Å². The standard InChI is InChI=1S/C14H13ClN4O2S/c1-19-9-16-13-11(19)7-12(15)17-14(13)18-22(20,21)8-10-5-3-2-4-6-10/h2-7,9H,8H2,1H3,(H,17,18). The number of nitrogens with one attached hydrogen (secondary N) is 1. The maximum atomic E-state index is 12.3. The highest BCUT2D eigenvalue weighted by molar-refractivity contribution is 7.91. The van der Waals surface area contributed by atoms with Gasteiger partial charge in [-0.05, 0) is 5.56 Å². The van der Waals surface area contributed by atoms with Gasteiger partial charge in [0.05, 0.1) is 17.6 Å². The Morgan fingerprint density at radius 3 is 2.73 bits per heavy atom. The first-order valence-electron chi connectivity index (χ1n) is 6.46. The van der Waals surface area contributed by atoms with Crippen LogP contribution in [0.5, 0.6) is 0 Å². The number of benzene rings is 1. The topological polar surface area (TPSA) is 76.9 Å². The number of pyridine rings is 1. The maximum absolute atomic E-state index is 12.3. The summed E-state index contributed by atoms with van der Waals surface area (Å²) in [5.74, 6) is -0.00451. The zero-order valence-electron chi connectivity index (χ0n) is 11.7. The van der Waals surface area contributed by atoms with Crippen molar-refractivity contribution in [3.05, 3.63) is 53.4 Å². The molecule has 8 heteroatoms. The van der Waals surface area contributed by atoms with E-state index in [1.807, 2.05) is 6.07 Å². The van der Waals surface area contributed by atoms with E-state index in [1.54, 1.807) is 48.3 Å². The van der Waals surface area contributed by atoms with Gasteiger partial charge in [-0.15, -0.1) is 0 Å². The molecule has 0 amide bonds. The summed E-state index contributed by atoms with van der Waals surface area (Å²) in [6.45, 7) is 0. The summed E-state index contributed by atoms with van der Waals surface area (Å²) in [6, 6.07) is 10.6. The Morgan fingerprint density at radius 2 is 2.00 bits per heavy atom. The zero-order valence-corrected chi connectivity index (χ0v) is 13.3. The van der Waals surface area contributed by atoms with Crippen LogP contribution in [0.1, 0.15) is 5.56 Å². The summed E-state index contributed by atoms with van der Waals surface area (Å²) >= 11 is 5.95. The molecule has 2 aromatic heterocycles. The van der Waals surface area contributed by atoms with E-state index in [-0.39, 0.29) is 16.7 Å². The van der Waals surface area contributed by atoms with Gasteiger partial charge >= 0.3 is 0 Å². The molecule has 1 aromatic carbocycles. The van der Waals surface area contributed by atoms with E-state index in [4.69, 9.17) is 11.6 Å². The Balaban J connectivity index is 1.95. The number of aryl methyl sites for hydroxylation is 1. The molecule has 6 nitrogen and oxygen atoms in total. The summed E-state index contributed by atoms with van der Waals surface area (Å²) in [5.41, 5.74) is 1.86. The molecule has 0 aliphatic rings. The fraction of sp³-hybridized carbons (Fsp3) is 0.143. The second-order valence-corrected chi connectivity index (χ2v) is 6.97. The smallest absolute Gasteiger partial charge is 0.238 e. The predicted molar refractivity (Wildman–Crippen MR) is 86.2 cm³/mol. The van der Waals surface area contributed by atoms with Crippen molar-refractivity contribution in [2.24, 2.45) is 7.05 Å². The number of nitrogens with zero attached hydrogens (tertiary/aromatic N) is 3. The number of fused-ring (bicyclic) bond motifs is 1. The largest absolute Gasteiger partial charge is 0.334 e. The lowest BCUT2D eigenvalue weighted by atomic mass is 10.2. The minimum Gasteiger partial charge on any atom is -0.334 e. The molecule has 3 rings (SSSR count). The third-order valence-electron chi connectivity index (χ3n) is 3.13. The number of hydrogen-bond acceptors (Lipinski definition) is 4. The van der Waals surface area contributed by atoms with Gasteiger partial charge in [0.15, 0.2) is 5.82 Å². The second-order valence-electron chi connectivity index (χ2n) is 4.86. The van der Waals surface area contributed by atoms with E-state index in [0.29, 0.717) is 16.6 Å². The molecule has 0 bridgehead atoms. The Kier molecular flexibility index (Phi) is 3.76. The molecule has 0 spiro atoms. The van der Waals surface area contributed by atoms with Crippen LogP contribution in [0.15, 0.2) is 42.7 Å². The molecule has 0 atom stereocenters. The van der Waals surface area contributed by atoms with Crippen LogP contribution in [0.2, 0.25) is 5.15 Å². The van der Waals surface area contributed by atoms with E-state index >= 15 is 0 Å². The number of aromatic nitrogens is 3. The number of rotatable bonds is 4. The maximum Gasteiger partial charge on any atom is 0.238 e. The average molecular weight is 337 g/mol. The molecule has 0 aliphatic heterocycles. The zero-order chi connectivity index (χ0) is 15.7. The van der Waals surface area contributed by atoms with Crippen LogP contribution in [0.25, 0.3) is 11.0 Å². The van der Waals surface area contributed by atoms with Crippen molar-refractivity contribution < 1.29 is 8.42 Å². The number of imidazole rings is 1. The van der Waals surface area contributed by atoms with Gasteiger partial charge in [-0.1, -0.05) is 41.9 Å². The van der Waals surface area contributed by atoms with Crippen LogP contribution in [0, 0.1) is 0 Å². The Hall–Kier alpha value is -2.12. The van der Waals surface area contributed by atoms with Crippen LogP contribution < -0.4 is 4.72 Å². The molecular weight excluding hydrogens is 324 g/mol. The van der Waals surface area contributed by atoms with Crippen LogP contribution in [0.4, 0.5) is 5.82 Å². The Morgan fingerprint density at radius 1 is 1.27 bits per heavy atom. The molecule has 0 aliphatic carbocycles. The first-order chi connectivity index (χ1) is 10.4. The predicted octanol–water partition coefficient (Wildman–Crippen LogP) is 2.56. The lowest BCUT2D eigenvalue weighted by Crippen LogP contribution is -2.16. The molecule has 2 heterocycles. The van der Waals surface area contributed by atoms with Crippen molar-refractivity contribution in [1.29, 1.82) is 0 Å². The molecule has 3 aromatic rings. The SMILES string of the molecule is Cn1cnc2c(NS(=O)(=O)Cc3ccccc3)nc(Cl)cc21. The fourth-order valence-corrected chi connectivity index (χ4v) is 3.47. The third-order valence-corrected chi connectivity index (χ3v) is 4.54. The lowest BCUT2D eigenvalue weighted by Gasteiger charge is -2.08. The second kappa shape index (κ2) is 5.58. The normalized spacial score (nSPS) is 11.7. The summed E-state index contributed by atoms with van der Waals surface area (Å²) in [7, 11) is -1.81. The molecule has 0 radical (unpaired) electrons. The monoisotopic (exact) mass is 336 g/mol. The highest BCUT2D eigenvalue weighted by atomic mass is 35.5. The molecule has 114 valence electrons. The summed E-state index contributed by atoms with van der Waals surface area (Å²) < 4.78 is 28.8. The molecule has 22 heavy (non-hydrogen) atoms. The summed E-state index contributed by atoms with van der Waals surface area (Å²) in [5, 5.41) is 0.202.